The van der Waals surface area contributed by atoms with E-state index in [-0.39, 0.29) is 49.8 Å². The number of rotatable bonds is 13. The molecule has 0 spiro atoms. The Kier molecular flexibility index (Phi) is 12.2. The maximum Gasteiger partial charge on any atom is 0.389 e. The Morgan fingerprint density at radius 2 is 1.50 bits per heavy atom. The molecule has 1 fully saturated rings. The Morgan fingerprint density at radius 3 is 2.14 bits per heavy atom. The Labute approximate surface area is 241 Å². The highest BCUT2D eigenvalue weighted by molar-refractivity contribution is 5.91. The highest BCUT2D eigenvalue weighted by atomic mass is 19.4. The number of hydrogen-bond acceptors (Lipinski definition) is 9. The lowest BCUT2D eigenvalue weighted by Crippen LogP contribution is -2.29. The maximum absolute atomic E-state index is 12.5. The molecule has 42 heavy (non-hydrogen) atoms. The molecule has 1 aliphatic rings. The quantitative estimate of drug-likeness (QED) is 0.102. The first-order valence-corrected chi connectivity index (χ1v) is 13.7. The van der Waals surface area contributed by atoms with Crippen LogP contribution in [0.15, 0.2) is 48.5 Å². The van der Waals surface area contributed by atoms with E-state index in [0.717, 1.165) is 0 Å². The fraction of sp³-hybridized carbons (Fsp3) is 0.433. The largest absolute Gasteiger partial charge is 0.462 e. The van der Waals surface area contributed by atoms with Gasteiger partial charge in [0.25, 0.3) is 0 Å². The van der Waals surface area contributed by atoms with E-state index in [2.05, 4.69) is 0 Å². The number of esters is 3. The maximum atomic E-state index is 12.5. The number of alkyl halides is 3. The zero-order chi connectivity index (χ0) is 30.5. The Morgan fingerprint density at radius 1 is 0.857 bits per heavy atom. The second-order valence-electron chi connectivity index (χ2n) is 9.93. The molecule has 0 heterocycles. The zero-order valence-corrected chi connectivity index (χ0v) is 23.1. The molecule has 2 aromatic carbocycles. The standard InChI is InChI=1S/C30H35F3N2O7/c31-30(32,33)13-1-14-39-25-10-6-21(7-11-25)29(38)42-26-8-3-20(4-9-26)5-12-27(36)40-15-2-16-41-28(37)22-17-23(34)19-24(35)18-22/h3-5,8-9,12,17-19,21,25H,1-2,6-7,10-11,13-16,34-35H2. The minimum absolute atomic E-state index is 0.0469. The number of benzene rings is 2. The molecule has 0 aliphatic heterocycles. The van der Waals surface area contributed by atoms with Gasteiger partial charge in [-0.1, -0.05) is 12.1 Å². The van der Waals surface area contributed by atoms with E-state index in [1.54, 1.807) is 30.3 Å². The predicted octanol–water partition coefficient (Wildman–Crippen LogP) is 5.48. The van der Waals surface area contributed by atoms with Crippen molar-refractivity contribution in [2.45, 2.75) is 57.2 Å². The van der Waals surface area contributed by atoms with Crippen LogP contribution in [0.2, 0.25) is 0 Å². The summed E-state index contributed by atoms with van der Waals surface area (Å²) in [6.07, 6.45) is 0.138. The first kappa shape index (κ1) is 32.5. The average Bonchev–Trinajstić information content (AvgIpc) is 2.94. The summed E-state index contributed by atoms with van der Waals surface area (Å²) >= 11 is 0. The zero-order valence-electron chi connectivity index (χ0n) is 23.1. The molecular weight excluding hydrogens is 557 g/mol. The van der Waals surface area contributed by atoms with Crippen molar-refractivity contribution in [3.63, 3.8) is 0 Å². The minimum atomic E-state index is -4.18. The smallest absolute Gasteiger partial charge is 0.389 e. The van der Waals surface area contributed by atoms with Crippen molar-refractivity contribution < 1.29 is 46.5 Å². The molecule has 0 atom stereocenters. The first-order valence-electron chi connectivity index (χ1n) is 13.7. The van der Waals surface area contributed by atoms with Crippen LogP contribution in [0, 0.1) is 5.92 Å². The average molecular weight is 593 g/mol. The molecule has 2 aromatic rings. The summed E-state index contributed by atoms with van der Waals surface area (Å²) in [6, 6.07) is 11.0. The number of carbonyl (C=O) groups is 3. The van der Waals surface area contributed by atoms with Crippen LogP contribution in [-0.4, -0.2) is 50.0 Å². The molecule has 9 nitrogen and oxygen atoms in total. The molecule has 4 N–H and O–H groups in total. The molecular formula is C30H35F3N2O7. The van der Waals surface area contributed by atoms with E-state index in [4.69, 9.17) is 30.4 Å². The highest BCUT2D eigenvalue weighted by Gasteiger charge is 2.29. The number of ether oxygens (including phenoxy) is 4. The Balaban J connectivity index is 1.30. The topological polar surface area (TPSA) is 140 Å². The number of hydrogen-bond donors (Lipinski definition) is 2. The molecule has 0 saturated heterocycles. The Bertz CT molecular complexity index is 1200. The fourth-order valence-electron chi connectivity index (χ4n) is 4.32. The number of nitrogens with two attached hydrogens (primary N) is 2. The molecule has 0 aromatic heterocycles. The van der Waals surface area contributed by atoms with Crippen molar-refractivity contribution in [3.05, 3.63) is 59.7 Å². The van der Waals surface area contributed by atoms with Crippen LogP contribution in [0.1, 0.15) is 60.9 Å². The third-order valence-electron chi connectivity index (χ3n) is 6.46. The van der Waals surface area contributed by atoms with Crippen LogP contribution < -0.4 is 16.2 Å². The van der Waals surface area contributed by atoms with E-state index in [1.165, 1.54) is 24.3 Å². The van der Waals surface area contributed by atoms with Gasteiger partial charge in [-0.15, -0.1) is 0 Å². The normalized spacial score (nSPS) is 17.1. The van der Waals surface area contributed by atoms with Gasteiger partial charge in [-0.05, 0) is 74.1 Å². The van der Waals surface area contributed by atoms with Crippen LogP contribution >= 0.6 is 0 Å². The van der Waals surface area contributed by atoms with E-state index in [9.17, 15) is 27.6 Å². The first-order chi connectivity index (χ1) is 20.0. The molecule has 0 bridgehead atoms. The van der Waals surface area contributed by atoms with Crippen LogP contribution in [0.3, 0.4) is 0 Å². The summed E-state index contributed by atoms with van der Waals surface area (Å²) in [5.74, 6) is -1.44. The van der Waals surface area contributed by atoms with Gasteiger partial charge in [0.2, 0.25) is 0 Å². The van der Waals surface area contributed by atoms with Crippen molar-refractivity contribution in [1.82, 2.24) is 0 Å². The molecule has 12 heteroatoms. The van der Waals surface area contributed by atoms with E-state index in [0.29, 0.717) is 54.8 Å². The van der Waals surface area contributed by atoms with Crippen LogP contribution in [-0.2, 0) is 23.8 Å². The number of halogens is 3. The lowest BCUT2D eigenvalue weighted by Gasteiger charge is -2.27. The Hall–Kier alpha value is -4.06. The number of carbonyl (C=O) groups excluding carboxylic acids is 3. The minimum Gasteiger partial charge on any atom is -0.462 e. The molecule has 1 aliphatic carbocycles. The van der Waals surface area contributed by atoms with Gasteiger partial charge >= 0.3 is 24.1 Å². The van der Waals surface area contributed by atoms with Gasteiger partial charge in [0.1, 0.15) is 5.75 Å². The summed E-state index contributed by atoms with van der Waals surface area (Å²) < 4.78 is 57.9. The van der Waals surface area contributed by atoms with Crippen molar-refractivity contribution >= 4 is 35.4 Å². The summed E-state index contributed by atoms with van der Waals surface area (Å²) in [6.45, 7) is 0.152. The van der Waals surface area contributed by atoms with Gasteiger partial charge < -0.3 is 30.4 Å². The van der Waals surface area contributed by atoms with Crippen LogP contribution in [0.25, 0.3) is 6.08 Å². The molecule has 0 unspecified atom stereocenters. The summed E-state index contributed by atoms with van der Waals surface area (Å²) in [7, 11) is 0. The summed E-state index contributed by atoms with van der Waals surface area (Å²) in [4.78, 5) is 36.5. The third-order valence-corrected chi connectivity index (χ3v) is 6.46. The molecule has 228 valence electrons. The van der Waals surface area contributed by atoms with E-state index in [1.807, 2.05) is 0 Å². The molecule has 3 rings (SSSR count). The summed E-state index contributed by atoms with van der Waals surface area (Å²) in [5, 5.41) is 0. The monoisotopic (exact) mass is 592 g/mol. The fourth-order valence-corrected chi connectivity index (χ4v) is 4.32. The van der Waals surface area contributed by atoms with Gasteiger partial charge in [-0.3, -0.25) is 4.79 Å². The number of nitrogen functional groups attached to an aromatic ring is 2. The van der Waals surface area contributed by atoms with Gasteiger partial charge in [-0.2, -0.15) is 13.2 Å². The lowest BCUT2D eigenvalue weighted by molar-refractivity contribution is -0.143. The van der Waals surface area contributed by atoms with Gasteiger partial charge in [0.15, 0.2) is 0 Å². The third kappa shape index (κ3) is 11.8. The molecule has 1 saturated carbocycles. The van der Waals surface area contributed by atoms with Crippen molar-refractivity contribution in [1.29, 1.82) is 0 Å². The van der Waals surface area contributed by atoms with Crippen LogP contribution in [0.5, 0.6) is 5.75 Å². The van der Waals surface area contributed by atoms with Gasteiger partial charge in [0.05, 0.1) is 30.8 Å². The molecule has 0 amide bonds. The van der Waals surface area contributed by atoms with Gasteiger partial charge in [0, 0.05) is 36.9 Å². The van der Waals surface area contributed by atoms with Crippen LogP contribution in [0.4, 0.5) is 24.5 Å². The van der Waals surface area contributed by atoms with Crippen molar-refractivity contribution in [2.24, 2.45) is 5.92 Å². The lowest BCUT2D eigenvalue weighted by atomic mass is 9.87. The van der Waals surface area contributed by atoms with Gasteiger partial charge in [-0.25, -0.2) is 9.59 Å². The van der Waals surface area contributed by atoms with E-state index < -0.39 is 24.5 Å². The van der Waals surface area contributed by atoms with Crippen molar-refractivity contribution in [3.8, 4) is 5.75 Å². The second-order valence-corrected chi connectivity index (χ2v) is 9.93. The summed E-state index contributed by atoms with van der Waals surface area (Å²) in [5.41, 5.74) is 13.0. The second kappa shape index (κ2) is 15.8. The predicted molar refractivity (Wildman–Crippen MR) is 149 cm³/mol. The number of anilines is 2. The molecule has 0 radical (unpaired) electrons. The van der Waals surface area contributed by atoms with E-state index >= 15 is 0 Å². The SMILES string of the molecule is Nc1cc(N)cc(C(=O)OCCCOC(=O)C=Cc2ccc(OC(=O)C3CCC(OCCCC(F)(F)F)CC3)cc2)c1. The van der Waals surface area contributed by atoms with Crippen molar-refractivity contribution in [2.75, 3.05) is 31.3 Å². The highest BCUT2D eigenvalue weighted by Crippen LogP contribution is 2.29.